The smallest absolute Gasteiger partial charge is 0.163 e. The lowest BCUT2D eigenvalue weighted by molar-refractivity contribution is 0.991. The molecule has 0 bridgehead atoms. The Morgan fingerprint density at radius 1 is 0.431 bits per heavy atom. The van der Waals surface area contributed by atoms with Gasteiger partial charge in [0.05, 0.1) is 11.0 Å². The summed E-state index contributed by atoms with van der Waals surface area (Å²) >= 11 is 1.85. The summed E-state index contributed by atoms with van der Waals surface area (Å²) in [7, 11) is 0. The first-order chi connectivity index (χ1) is 28.7. The van der Waals surface area contributed by atoms with Gasteiger partial charge in [-0.2, -0.15) is 0 Å². The van der Waals surface area contributed by atoms with E-state index in [0.29, 0.717) is 17.5 Å². The molecule has 274 valence electrons. The van der Waals surface area contributed by atoms with Crippen LogP contribution in [0.15, 0.2) is 194 Å². The molecule has 0 saturated carbocycles. The van der Waals surface area contributed by atoms with E-state index in [4.69, 9.17) is 9.97 Å². The molecule has 3 aromatic heterocycles. The fraction of sp³-hybridized carbons (Fsp3) is 0.0192. The summed E-state index contributed by atoms with van der Waals surface area (Å²) < 4.78 is 5.00. The molecular formula is C52H35N5S. The maximum atomic E-state index is 4.87. The number of aryl methyl sites for hydroxylation is 1. The van der Waals surface area contributed by atoms with Crippen molar-refractivity contribution in [3.8, 4) is 39.6 Å². The van der Waals surface area contributed by atoms with E-state index in [1.54, 1.807) is 0 Å². The third-order valence-corrected chi connectivity index (χ3v) is 12.1. The van der Waals surface area contributed by atoms with E-state index in [9.17, 15) is 0 Å². The van der Waals surface area contributed by atoms with Gasteiger partial charge in [-0.3, -0.25) is 0 Å². The summed E-state index contributed by atoms with van der Waals surface area (Å²) in [6.07, 6.45) is 0. The zero-order valence-corrected chi connectivity index (χ0v) is 32.4. The highest BCUT2D eigenvalue weighted by molar-refractivity contribution is 7.25. The largest absolute Gasteiger partial charge is 0.310 e. The minimum absolute atomic E-state index is 0.661. The SMILES string of the molecule is Cc1nc(-c2ccccc2)nc(-c2ccc(-n3c4ccccc4c4cccc(-c5ccc(N(c6ccccc6)c6ccc7sc8ccccc8c7c6)cc5)c43)cc2)n1. The van der Waals surface area contributed by atoms with Crippen molar-refractivity contribution < 1.29 is 0 Å². The highest BCUT2D eigenvalue weighted by atomic mass is 32.1. The molecule has 0 spiro atoms. The molecule has 0 aliphatic carbocycles. The molecule has 0 radical (unpaired) electrons. The Balaban J connectivity index is 1.01. The van der Waals surface area contributed by atoms with Crippen molar-refractivity contribution in [3.05, 3.63) is 200 Å². The van der Waals surface area contributed by atoms with Crippen molar-refractivity contribution in [2.45, 2.75) is 6.92 Å². The summed E-state index contributed by atoms with van der Waals surface area (Å²) in [6.45, 7) is 1.92. The van der Waals surface area contributed by atoms with Crippen molar-refractivity contribution in [1.29, 1.82) is 0 Å². The number of anilines is 3. The molecule has 0 saturated heterocycles. The Kier molecular flexibility index (Phi) is 8.15. The quantitative estimate of drug-likeness (QED) is 0.162. The van der Waals surface area contributed by atoms with Gasteiger partial charge in [0, 0.05) is 70.4 Å². The Labute approximate surface area is 339 Å². The summed E-state index contributed by atoms with van der Waals surface area (Å²) in [5, 5.41) is 5.00. The molecule has 8 aromatic carbocycles. The van der Waals surface area contributed by atoms with Crippen LogP contribution in [-0.4, -0.2) is 19.5 Å². The third-order valence-electron chi connectivity index (χ3n) is 10.9. The van der Waals surface area contributed by atoms with Gasteiger partial charge in [-0.05, 0) is 91.3 Å². The van der Waals surface area contributed by atoms with E-state index in [1.165, 1.54) is 42.0 Å². The molecule has 11 aromatic rings. The average Bonchev–Trinajstić information content (AvgIpc) is 3.83. The predicted molar refractivity (Wildman–Crippen MR) is 243 cm³/mol. The van der Waals surface area contributed by atoms with E-state index in [2.05, 4.69) is 178 Å². The Morgan fingerprint density at radius 2 is 1.02 bits per heavy atom. The normalized spacial score (nSPS) is 11.5. The van der Waals surface area contributed by atoms with Gasteiger partial charge in [0.25, 0.3) is 0 Å². The summed E-state index contributed by atoms with van der Waals surface area (Å²) in [6, 6.07) is 69.2. The second kappa shape index (κ2) is 14.0. The summed E-state index contributed by atoms with van der Waals surface area (Å²) in [4.78, 5) is 16.6. The number of thiophene rings is 1. The first kappa shape index (κ1) is 33.9. The molecule has 6 heteroatoms. The van der Waals surface area contributed by atoms with Crippen molar-refractivity contribution in [1.82, 2.24) is 19.5 Å². The maximum Gasteiger partial charge on any atom is 0.163 e. The Bertz CT molecular complexity index is 3280. The number of benzene rings is 8. The zero-order valence-electron chi connectivity index (χ0n) is 31.6. The fourth-order valence-electron chi connectivity index (χ4n) is 8.27. The molecule has 3 heterocycles. The average molecular weight is 762 g/mol. The van der Waals surface area contributed by atoms with Crippen molar-refractivity contribution >= 4 is 70.4 Å². The van der Waals surface area contributed by atoms with Crippen LogP contribution < -0.4 is 4.90 Å². The van der Waals surface area contributed by atoms with Crippen LogP contribution in [-0.2, 0) is 0 Å². The van der Waals surface area contributed by atoms with Crippen LogP contribution in [0.25, 0.3) is 81.6 Å². The molecule has 0 fully saturated rings. The number of hydrogen-bond donors (Lipinski definition) is 0. The zero-order chi connectivity index (χ0) is 38.6. The van der Waals surface area contributed by atoms with E-state index >= 15 is 0 Å². The molecule has 0 unspecified atom stereocenters. The number of rotatable bonds is 7. The topological polar surface area (TPSA) is 46.8 Å². The molecule has 5 nitrogen and oxygen atoms in total. The van der Waals surface area contributed by atoms with Gasteiger partial charge in [0.1, 0.15) is 5.82 Å². The monoisotopic (exact) mass is 761 g/mol. The van der Waals surface area contributed by atoms with E-state index < -0.39 is 0 Å². The van der Waals surface area contributed by atoms with Crippen molar-refractivity contribution in [2.75, 3.05) is 4.90 Å². The van der Waals surface area contributed by atoms with Gasteiger partial charge in [0.15, 0.2) is 11.6 Å². The van der Waals surface area contributed by atoms with Crippen LogP contribution >= 0.6 is 11.3 Å². The molecule has 0 amide bonds. The fourth-order valence-corrected chi connectivity index (χ4v) is 9.36. The van der Waals surface area contributed by atoms with Crippen molar-refractivity contribution in [2.24, 2.45) is 0 Å². The van der Waals surface area contributed by atoms with Gasteiger partial charge >= 0.3 is 0 Å². The van der Waals surface area contributed by atoms with E-state index in [0.717, 1.165) is 45.0 Å². The first-order valence-electron chi connectivity index (χ1n) is 19.4. The van der Waals surface area contributed by atoms with Crippen LogP contribution in [0.3, 0.4) is 0 Å². The Morgan fingerprint density at radius 3 is 1.79 bits per heavy atom. The molecule has 0 atom stereocenters. The minimum atomic E-state index is 0.661. The maximum absolute atomic E-state index is 4.87. The van der Waals surface area contributed by atoms with Gasteiger partial charge in [-0.1, -0.05) is 115 Å². The number of fused-ring (bicyclic) bond motifs is 6. The lowest BCUT2D eigenvalue weighted by atomic mass is 10.0. The van der Waals surface area contributed by atoms with Gasteiger partial charge in [-0.15, -0.1) is 11.3 Å². The lowest BCUT2D eigenvalue weighted by Crippen LogP contribution is -2.09. The highest BCUT2D eigenvalue weighted by Gasteiger charge is 2.19. The summed E-state index contributed by atoms with van der Waals surface area (Å²) in [5.41, 5.74) is 11.0. The number of nitrogens with zero attached hydrogens (tertiary/aromatic N) is 5. The van der Waals surface area contributed by atoms with Crippen molar-refractivity contribution in [3.63, 3.8) is 0 Å². The summed E-state index contributed by atoms with van der Waals surface area (Å²) in [5.74, 6) is 2.03. The number of hydrogen-bond acceptors (Lipinski definition) is 5. The second-order valence-corrected chi connectivity index (χ2v) is 15.6. The molecule has 0 aliphatic rings. The van der Waals surface area contributed by atoms with Gasteiger partial charge in [-0.25, -0.2) is 15.0 Å². The van der Waals surface area contributed by atoms with E-state index in [-0.39, 0.29) is 0 Å². The molecule has 0 aliphatic heterocycles. The number of aromatic nitrogens is 4. The third kappa shape index (κ3) is 5.81. The van der Waals surface area contributed by atoms with Crippen LogP contribution in [0.4, 0.5) is 17.1 Å². The molecule has 11 rings (SSSR count). The Hall–Kier alpha value is -7.41. The highest BCUT2D eigenvalue weighted by Crippen LogP contribution is 2.42. The standard InChI is InChI=1S/C52H35N5S/c1-34-53-51(36-13-4-2-5-14-36)55-52(54-34)37-25-29-40(30-26-37)57-47-21-10-8-17-43(47)45-20-12-19-42(50(45)57)35-23-27-39(28-24-35)56(38-15-6-3-7-16-38)41-31-32-49-46(33-41)44-18-9-11-22-48(44)58-49/h2-33H,1H3. The number of para-hydroxylation sites is 3. The van der Waals surface area contributed by atoms with Crippen LogP contribution in [0.5, 0.6) is 0 Å². The molecular weight excluding hydrogens is 727 g/mol. The molecule has 0 N–H and O–H groups in total. The molecule has 58 heavy (non-hydrogen) atoms. The van der Waals surface area contributed by atoms with Gasteiger partial charge in [0.2, 0.25) is 0 Å². The van der Waals surface area contributed by atoms with Crippen LogP contribution in [0.1, 0.15) is 5.82 Å². The first-order valence-corrected chi connectivity index (χ1v) is 20.3. The van der Waals surface area contributed by atoms with Gasteiger partial charge < -0.3 is 9.47 Å². The minimum Gasteiger partial charge on any atom is -0.310 e. The van der Waals surface area contributed by atoms with E-state index in [1.807, 2.05) is 48.6 Å². The predicted octanol–water partition coefficient (Wildman–Crippen LogP) is 14.1. The van der Waals surface area contributed by atoms with Crippen LogP contribution in [0.2, 0.25) is 0 Å². The second-order valence-electron chi connectivity index (χ2n) is 14.5. The van der Waals surface area contributed by atoms with Crippen LogP contribution in [0, 0.1) is 6.92 Å². The lowest BCUT2D eigenvalue weighted by Gasteiger charge is -2.26.